The van der Waals surface area contributed by atoms with Gasteiger partial charge in [0.2, 0.25) is 28.5 Å². The summed E-state index contributed by atoms with van der Waals surface area (Å²) in [7, 11) is 0. The van der Waals surface area contributed by atoms with E-state index in [1.165, 1.54) is 29.6 Å². The standard InChI is InChI=1S/C49H24F6O8S3/c50-48(51,52)25-11-13-29-31(15-25)38(56)40(58)33(29)17-27-19-35-42(64-27)44-37(47(35,45(60)62-21-23-7-3-1-4-8-23)46(61)63-22-24-9-5-2-6-10-24)43-36(66-44)20-28(65-43)18-34-30-14-12-26(49(53,54)55)16-32(30)39(57)41(34)59/h1-20H,21-22H2/b33-17-,34-18-. The largest absolute Gasteiger partial charge is 0.459 e. The van der Waals surface area contributed by atoms with Crippen molar-refractivity contribution in [2.24, 2.45) is 0 Å². The molecule has 0 saturated heterocycles. The molecule has 0 saturated carbocycles. The number of ether oxygens (including phenoxy) is 2. The summed E-state index contributed by atoms with van der Waals surface area (Å²) >= 11 is 3.27. The number of rotatable bonds is 8. The molecule has 66 heavy (non-hydrogen) atoms. The number of fused-ring (bicyclic) bond motifs is 7. The Kier molecular flexibility index (Phi) is 10.1. The van der Waals surface area contributed by atoms with E-state index >= 15 is 9.59 Å². The van der Waals surface area contributed by atoms with Gasteiger partial charge in [0.05, 0.1) is 25.6 Å². The van der Waals surface area contributed by atoms with Crippen LogP contribution in [0.4, 0.5) is 26.3 Å². The Morgan fingerprint density at radius 1 is 0.530 bits per heavy atom. The molecule has 3 aliphatic carbocycles. The van der Waals surface area contributed by atoms with Crippen molar-refractivity contribution in [1.29, 1.82) is 0 Å². The number of carbonyl (C=O) groups excluding carboxylic acids is 6. The first kappa shape index (κ1) is 42.8. The van der Waals surface area contributed by atoms with Crippen LogP contribution in [0.15, 0.2) is 109 Å². The Hall–Kier alpha value is -7.08. The normalized spacial score (nSPS) is 16.3. The minimum Gasteiger partial charge on any atom is -0.459 e. The second-order valence-corrected chi connectivity index (χ2v) is 18.6. The minimum absolute atomic E-state index is 0.0120. The zero-order valence-electron chi connectivity index (χ0n) is 33.2. The second kappa shape index (κ2) is 15.5. The van der Waals surface area contributed by atoms with Crippen LogP contribution < -0.4 is 0 Å². The molecule has 3 aromatic heterocycles. The van der Waals surface area contributed by atoms with Gasteiger partial charge in [-0.1, -0.05) is 72.8 Å². The number of Topliss-reactive ketones (excluding diaryl/α,β-unsaturated/α-hetero) is 4. The van der Waals surface area contributed by atoms with E-state index in [1.807, 2.05) is 0 Å². The molecule has 0 atom stereocenters. The van der Waals surface area contributed by atoms with Crippen molar-refractivity contribution in [3.63, 3.8) is 0 Å². The molecule has 0 N–H and O–H groups in total. The van der Waals surface area contributed by atoms with Crippen LogP contribution >= 0.6 is 34.0 Å². The van der Waals surface area contributed by atoms with E-state index < -0.39 is 75.1 Å². The highest BCUT2D eigenvalue weighted by molar-refractivity contribution is 7.32. The van der Waals surface area contributed by atoms with E-state index in [-0.39, 0.29) is 51.5 Å². The number of hydrogen-bond acceptors (Lipinski definition) is 11. The van der Waals surface area contributed by atoms with Crippen LogP contribution in [0.3, 0.4) is 0 Å². The van der Waals surface area contributed by atoms with E-state index in [0.29, 0.717) is 47.3 Å². The predicted molar refractivity (Wildman–Crippen MR) is 234 cm³/mol. The zero-order valence-corrected chi connectivity index (χ0v) is 35.7. The van der Waals surface area contributed by atoms with Crippen LogP contribution in [0.25, 0.3) is 42.5 Å². The first-order chi connectivity index (χ1) is 31.4. The van der Waals surface area contributed by atoms with E-state index in [1.54, 1.807) is 66.7 Å². The van der Waals surface area contributed by atoms with Crippen molar-refractivity contribution in [2.75, 3.05) is 0 Å². The van der Waals surface area contributed by atoms with Crippen LogP contribution in [0, 0.1) is 0 Å². The topological polar surface area (TPSA) is 121 Å². The third kappa shape index (κ3) is 6.87. The summed E-state index contributed by atoms with van der Waals surface area (Å²) in [6.07, 6.45) is -6.84. The molecule has 0 spiro atoms. The molecule has 3 heterocycles. The third-order valence-electron chi connectivity index (χ3n) is 11.4. The molecular weight excluding hydrogens is 927 g/mol. The second-order valence-electron chi connectivity index (χ2n) is 15.4. The first-order valence-corrected chi connectivity index (χ1v) is 22.1. The van der Waals surface area contributed by atoms with E-state index in [0.717, 1.165) is 46.9 Å². The molecule has 328 valence electrons. The molecule has 0 fully saturated rings. The van der Waals surface area contributed by atoms with Crippen LogP contribution in [0.2, 0.25) is 0 Å². The van der Waals surface area contributed by atoms with Gasteiger partial charge in [0, 0.05) is 47.9 Å². The van der Waals surface area contributed by atoms with E-state index in [4.69, 9.17) is 9.47 Å². The molecule has 3 aliphatic rings. The van der Waals surface area contributed by atoms with Crippen molar-refractivity contribution in [1.82, 2.24) is 0 Å². The Morgan fingerprint density at radius 2 is 1.00 bits per heavy atom. The summed E-state index contributed by atoms with van der Waals surface area (Å²) < 4.78 is 94.3. The van der Waals surface area contributed by atoms with Gasteiger partial charge in [-0.05, 0) is 70.8 Å². The van der Waals surface area contributed by atoms with Gasteiger partial charge in [-0.2, -0.15) is 26.3 Å². The van der Waals surface area contributed by atoms with Crippen LogP contribution in [-0.4, -0.2) is 35.1 Å². The number of benzene rings is 4. The number of carbonyl (C=O) groups is 6. The van der Waals surface area contributed by atoms with Crippen molar-refractivity contribution in [3.8, 4) is 9.75 Å². The molecule has 0 amide bonds. The lowest BCUT2D eigenvalue weighted by Crippen LogP contribution is -2.45. The van der Waals surface area contributed by atoms with Gasteiger partial charge in [-0.3, -0.25) is 28.8 Å². The lowest BCUT2D eigenvalue weighted by Gasteiger charge is -2.26. The lowest BCUT2D eigenvalue weighted by molar-refractivity contribution is -0.164. The quantitative estimate of drug-likeness (QED) is 0.0485. The van der Waals surface area contributed by atoms with E-state index in [9.17, 15) is 45.5 Å². The van der Waals surface area contributed by atoms with Crippen molar-refractivity contribution in [2.45, 2.75) is 31.0 Å². The van der Waals surface area contributed by atoms with Gasteiger partial charge in [0.25, 0.3) is 0 Å². The Morgan fingerprint density at radius 3 is 1.47 bits per heavy atom. The van der Waals surface area contributed by atoms with Crippen LogP contribution in [-0.2, 0) is 59.6 Å². The highest BCUT2D eigenvalue weighted by Crippen LogP contribution is 2.61. The Bertz CT molecular complexity index is 3300. The zero-order chi connectivity index (χ0) is 46.4. The molecule has 17 heteroatoms. The van der Waals surface area contributed by atoms with Gasteiger partial charge in [-0.25, -0.2) is 0 Å². The maximum Gasteiger partial charge on any atom is 0.416 e. The predicted octanol–water partition coefficient (Wildman–Crippen LogP) is 11.4. The molecular formula is C49H24F6O8S3. The van der Waals surface area contributed by atoms with E-state index in [2.05, 4.69) is 0 Å². The SMILES string of the molecule is O=C1C(=O)c2cc(C(F)(F)F)ccc2/C1=C/c1cc2c(s1)-c1sc3cc(/C=C4\C(=O)C(=O)c5cc(C(F)(F)F)ccc54)sc3c1C2(C(=O)OCc1ccccc1)C(=O)OCc1ccccc1. The van der Waals surface area contributed by atoms with Crippen LogP contribution in [0.1, 0.15) is 75.0 Å². The summed E-state index contributed by atoms with van der Waals surface area (Å²) in [6.45, 7) is -0.542. The number of halogens is 6. The van der Waals surface area contributed by atoms with Crippen molar-refractivity contribution >= 4 is 102 Å². The lowest BCUT2D eigenvalue weighted by atomic mass is 9.79. The molecule has 0 aliphatic heterocycles. The van der Waals surface area contributed by atoms with Crippen molar-refractivity contribution in [3.05, 3.63) is 175 Å². The number of ketones is 4. The maximum absolute atomic E-state index is 15.1. The summed E-state index contributed by atoms with van der Waals surface area (Å²) in [5, 5.41) is 0. The monoisotopic (exact) mass is 950 g/mol. The maximum atomic E-state index is 15.1. The van der Waals surface area contributed by atoms with Gasteiger partial charge >= 0.3 is 24.3 Å². The smallest absolute Gasteiger partial charge is 0.416 e. The molecule has 7 aromatic rings. The molecule has 0 radical (unpaired) electrons. The van der Waals surface area contributed by atoms with Crippen LogP contribution in [0.5, 0.6) is 0 Å². The molecule has 4 aromatic carbocycles. The average molecular weight is 951 g/mol. The molecule has 8 nitrogen and oxygen atoms in total. The van der Waals surface area contributed by atoms with Crippen molar-refractivity contribution < 1.29 is 64.6 Å². The number of alkyl halides is 6. The minimum atomic E-state index is -4.78. The fourth-order valence-corrected chi connectivity index (χ4v) is 12.3. The van der Waals surface area contributed by atoms with Gasteiger partial charge in [-0.15, -0.1) is 34.0 Å². The number of esters is 2. The summed E-state index contributed by atoms with van der Waals surface area (Å²) in [5.41, 5.74) is -4.22. The fraction of sp³-hybridized carbons (Fsp3) is 0.102. The van der Waals surface area contributed by atoms with Gasteiger partial charge < -0.3 is 9.47 Å². The third-order valence-corrected chi connectivity index (χ3v) is 15.0. The molecule has 10 rings (SSSR count). The highest BCUT2D eigenvalue weighted by Gasteiger charge is 2.61. The molecule has 0 unspecified atom stereocenters. The average Bonchev–Trinajstić information content (AvgIpc) is 4.12. The first-order valence-electron chi connectivity index (χ1n) is 19.6. The Labute approximate surface area is 380 Å². The summed E-state index contributed by atoms with van der Waals surface area (Å²) in [5.74, 6) is -6.34. The fourth-order valence-electron chi connectivity index (χ4n) is 8.30. The van der Waals surface area contributed by atoms with Gasteiger partial charge in [0.1, 0.15) is 13.2 Å². The molecule has 0 bridgehead atoms. The number of allylic oxidation sites excluding steroid dienone is 2. The summed E-state index contributed by atoms with van der Waals surface area (Å²) in [6, 6.07) is 25.3. The highest BCUT2D eigenvalue weighted by atomic mass is 32.1. The number of hydrogen-bond donors (Lipinski definition) is 0. The summed E-state index contributed by atoms with van der Waals surface area (Å²) in [4.78, 5) is 84.3. The van der Waals surface area contributed by atoms with Gasteiger partial charge in [0.15, 0.2) is 0 Å². The Balaban J connectivity index is 1.14. The number of thiophene rings is 3.